The van der Waals surface area contributed by atoms with Gasteiger partial charge in [0.15, 0.2) is 0 Å². The van der Waals surface area contributed by atoms with Crippen LogP contribution in [0.4, 0.5) is 5.69 Å². The van der Waals surface area contributed by atoms with Gasteiger partial charge in [0.2, 0.25) is 0 Å². The van der Waals surface area contributed by atoms with E-state index in [2.05, 4.69) is 4.90 Å². The van der Waals surface area contributed by atoms with Gasteiger partial charge >= 0.3 is 5.97 Å². The van der Waals surface area contributed by atoms with Crippen molar-refractivity contribution >= 4 is 11.7 Å². The number of aliphatic carboxylic acids is 1. The number of hydrogen-bond donors (Lipinski definition) is 1. The van der Waals surface area contributed by atoms with Crippen molar-refractivity contribution < 1.29 is 14.8 Å². The Morgan fingerprint density at radius 3 is 3.00 bits per heavy atom. The number of piperidine rings is 1. The average molecular weight is 292 g/mol. The first-order chi connectivity index (χ1) is 10.0. The molecule has 0 aliphatic carbocycles. The molecule has 1 fully saturated rings. The van der Waals surface area contributed by atoms with Gasteiger partial charge in [-0.1, -0.05) is 12.1 Å². The maximum atomic E-state index is 10.8. The maximum Gasteiger partial charge on any atom is 0.303 e. The van der Waals surface area contributed by atoms with Crippen molar-refractivity contribution in [2.45, 2.75) is 32.2 Å². The zero-order valence-electron chi connectivity index (χ0n) is 11.9. The molecule has 1 saturated heterocycles. The molecule has 0 amide bonds. The van der Waals surface area contributed by atoms with E-state index in [1.54, 1.807) is 12.1 Å². The maximum absolute atomic E-state index is 10.8. The molecule has 6 nitrogen and oxygen atoms in total. The third-order valence-corrected chi connectivity index (χ3v) is 3.90. The van der Waals surface area contributed by atoms with Crippen LogP contribution in [-0.4, -0.2) is 34.0 Å². The SMILES string of the molecule is O=C(O)CCC1CCCN(Cc2cccc([N+](=O)[O-])c2)C1. The normalized spacial score (nSPS) is 19.3. The summed E-state index contributed by atoms with van der Waals surface area (Å²) >= 11 is 0. The fraction of sp³-hybridized carbons (Fsp3) is 0.533. The smallest absolute Gasteiger partial charge is 0.303 e. The van der Waals surface area contributed by atoms with Gasteiger partial charge in [-0.05, 0) is 37.3 Å². The summed E-state index contributed by atoms with van der Waals surface area (Å²) in [6.45, 7) is 2.52. The molecule has 1 unspecified atom stereocenters. The predicted octanol–water partition coefficient (Wildman–Crippen LogP) is 2.67. The van der Waals surface area contributed by atoms with Gasteiger partial charge < -0.3 is 5.11 Å². The van der Waals surface area contributed by atoms with Crippen molar-refractivity contribution in [1.29, 1.82) is 0 Å². The van der Waals surface area contributed by atoms with E-state index < -0.39 is 5.97 Å². The Hall–Kier alpha value is -1.95. The van der Waals surface area contributed by atoms with Gasteiger partial charge in [0, 0.05) is 31.6 Å². The van der Waals surface area contributed by atoms with E-state index in [9.17, 15) is 14.9 Å². The first-order valence-corrected chi connectivity index (χ1v) is 7.22. The highest BCUT2D eigenvalue weighted by Gasteiger charge is 2.21. The highest BCUT2D eigenvalue weighted by molar-refractivity contribution is 5.66. The molecule has 1 heterocycles. The summed E-state index contributed by atoms with van der Waals surface area (Å²) in [5.41, 5.74) is 1.05. The summed E-state index contributed by atoms with van der Waals surface area (Å²) < 4.78 is 0. The van der Waals surface area contributed by atoms with Crippen LogP contribution in [0.5, 0.6) is 0 Å². The molecule has 0 bridgehead atoms. The molecule has 1 N–H and O–H groups in total. The van der Waals surface area contributed by atoms with Crippen LogP contribution in [0.2, 0.25) is 0 Å². The third-order valence-electron chi connectivity index (χ3n) is 3.90. The number of nitrogens with zero attached hydrogens (tertiary/aromatic N) is 2. The quantitative estimate of drug-likeness (QED) is 0.643. The molecule has 1 atom stereocenters. The van der Waals surface area contributed by atoms with Crippen LogP contribution in [0.1, 0.15) is 31.2 Å². The molecule has 0 spiro atoms. The molecule has 21 heavy (non-hydrogen) atoms. The van der Waals surface area contributed by atoms with E-state index in [0.717, 1.165) is 31.5 Å². The first kappa shape index (κ1) is 15.4. The molecule has 1 aliphatic rings. The molecule has 1 aromatic rings. The van der Waals surface area contributed by atoms with E-state index in [-0.39, 0.29) is 17.0 Å². The van der Waals surface area contributed by atoms with Crippen LogP contribution >= 0.6 is 0 Å². The lowest BCUT2D eigenvalue weighted by Gasteiger charge is -2.32. The monoisotopic (exact) mass is 292 g/mol. The highest BCUT2D eigenvalue weighted by Crippen LogP contribution is 2.23. The van der Waals surface area contributed by atoms with Gasteiger partial charge in [0.1, 0.15) is 0 Å². The van der Waals surface area contributed by atoms with Gasteiger partial charge in [-0.3, -0.25) is 19.8 Å². The Kier molecular flexibility index (Phi) is 5.27. The average Bonchev–Trinajstić information content (AvgIpc) is 2.46. The molecule has 1 aromatic carbocycles. The van der Waals surface area contributed by atoms with Crippen molar-refractivity contribution in [3.05, 3.63) is 39.9 Å². The van der Waals surface area contributed by atoms with E-state index in [4.69, 9.17) is 5.11 Å². The van der Waals surface area contributed by atoms with Crippen molar-refractivity contribution in [1.82, 2.24) is 4.90 Å². The van der Waals surface area contributed by atoms with Crippen LogP contribution in [-0.2, 0) is 11.3 Å². The van der Waals surface area contributed by atoms with E-state index in [1.807, 2.05) is 6.07 Å². The second-order valence-corrected chi connectivity index (χ2v) is 5.60. The fourth-order valence-electron chi connectivity index (χ4n) is 2.88. The summed E-state index contributed by atoms with van der Waals surface area (Å²) in [6, 6.07) is 6.71. The molecule has 1 aliphatic heterocycles. The van der Waals surface area contributed by atoms with Crippen molar-refractivity contribution in [3.8, 4) is 0 Å². The minimum Gasteiger partial charge on any atom is -0.481 e. The molecule has 0 radical (unpaired) electrons. The van der Waals surface area contributed by atoms with Crippen molar-refractivity contribution in [2.75, 3.05) is 13.1 Å². The number of nitro benzene ring substituents is 1. The van der Waals surface area contributed by atoms with Gasteiger partial charge in [0.05, 0.1) is 4.92 Å². The standard InChI is InChI=1S/C15H20N2O4/c18-15(19)7-6-12-4-2-8-16(10-12)11-13-3-1-5-14(9-13)17(20)21/h1,3,5,9,12H,2,4,6-8,10-11H2,(H,18,19). The van der Waals surface area contributed by atoms with E-state index in [0.29, 0.717) is 18.9 Å². The second kappa shape index (κ2) is 7.17. The number of rotatable bonds is 6. The lowest BCUT2D eigenvalue weighted by Crippen LogP contribution is -2.35. The molecule has 0 saturated carbocycles. The molecular formula is C15H20N2O4. The number of nitro groups is 1. The number of benzene rings is 1. The highest BCUT2D eigenvalue weighted by atomic mass is 16.6. The van der Waals surface area contributed by atoms with Crippen molar-refractivity contribution in [3.63, 3.8) is 0 Å². The molecular weight excluding hydrogens is 272 g/mol. The number of carboxylic acids is 1. The molecule has 6 heteroatoms. The van der Waals surface area contributed by atoms with Crippen LogP contribution in [0.25, 0.3) is 0 Å². The summed E-state index contributed by atoms with van der Waals surface area (Å²) in [5.74, 6) is -0.334. The molecule has 2 rings (SSSR count). The number of likely N-dealkylation sites (tertiary alicyclic amines) is 1. The second-order valence-electron chi connectivity index (χ2n) is 5.60. The van der Waals surface area contributed by atoms with Crippen LogP contribution < -0.4 is 0 Å². The molecule has 0 aromatic heterocycles. The number of carbonyl (C=O) groups is 1. The predicted molar refractivity (Wildman–Crippen MR) is 78.0 cm³/mol. The van der Waals surface area contributed by atoms with Crippen LogP contribution in [0.3, 0.4) is 0 Å². The largest absolute Gasteiger partial charge is 0.481 e. The van der Waals surface area contributed by atoms with Gasteiger partial charge in [-0.15, -0.1) is 0 Å². The Labute approximate surface area is 123 Å². The lowest BCUT2D eigenvalue weighted by molar-refractivity contribution is -0.384. The van der Waals surface area contributed by atoms with E-state index >= 15 is 0 Å². The Morgan fingerprint density at radius 1 is 1.48 bits per heavy atom. The van der Waals surface area contributed by atoms with Gasteiger partial charge in [-0.2, -0.15) is 0 Å². The first-order valence-electron chi connectivity index (χ1n) is 7.22. The minimum absolute atomic E-state index is 0.118. The van der Waals surface area contributed by atoms with Crippen LogP contribution in [0.15, 0.2) is 24.3 Å². The number of carboxylic acid groups (broad SMARTS) is 1. The lowest BCUT2D eigenvalue weighted by atomic mass is 9.93. The zero-order chi connectivity index (χ0) is 15.2. The Balaban J connectivity index is 1.91. The van der Waals surface area contributed by atoms with Crippen molar-refractivity contribution in [2.24, 2.45) is 5.92 Å². The van der Waals surface area contributed by atoms with Gasteiger partial charge in [-0.25, -0.2) is 0 Å². The third kappa shape index (κ3) is 4.82. The zero-order valence-corrected chi connectivity index (χ0v) is 11.9. The number of non-ortho nitro benzene ring substituents is 1. The summed E-state index contributed by atoms with van der Waals surface area (Å²) in [5, 5.41) is 19.5. The summed E-state index contributed by atoms with van der Waals surface area (Å²) in [7, 11) is 0. The Morgan fingerprint density at radius 2 is 2.29 bits per heavy atom. The summed E-state index contributed by atoms with van der Waals surface area (Å²) in [6.07, 6.45) is 3.05. The summed E-state index contributed by atoms with van der Waals surface area (Å²) in [4.78, 5) is 23.3. The molecule has 114 valence electrons. The topological polar surface area (TPSA) is 83.7 Å². The Bertz CT molecular complexity index is 518. The minimum atomic E-state index is -0.745. The van der Waals surface area contributed by atoms with E-state index in [1.165, 1.54) is 6.07 Å². The number of hydrogen-bond acceptors (Lipinski definition) is 4. The fourth-order valence-corrected chi connectivity index (χ4v) is 2.88. The van der Waals surface area contributed by atoms with Gasteiger partial charge in [0.25, 0.3) is 5.69 Å². The van der Waals surface area contributed by atoms with Crippen LogP contribution in [0, 0.1) is 16.0 Å².